The predicted molar refractivity (Wildman–Crippen MR) is 127 cm³/mol. The van der Waals surface area contributed by atoms with Gasteiger partial charge in [-0.15, -0.1) is 0 Å². The summed E-state index contributed by atoms with van der Waals surface area (Å²) in [7, 11) is 0. The zero-order valence-electron chi connectivity index (χ0n) is 19.7. The molecule has 2 aliphatic heterocycles. The van der Waals surface area contributed by atoms with E-state index in [2.05, 4.69) is 13.8 Å². The molecule has 2 aromatic carbocycles. The number of carboxylic acid groups (broad SMARTS) is 1. The third-order valence-electron chi connectivity index (χ3n) is 6.38. The first-order valence-electron chi connectivity index (χ1n) is 11.4. The van der Waals surface area contributed by atoms with Crippen LogP contribution in [0.1, 0.15) is 57.8 Å². The maximum absolute atomic E-state index is 13.4. The highest BCUT2D eigenvalue weighted by atomic mass is 16.4. The molecule has 2 aliphatic rings. The number of aliphatic carboxylic acids is 1. The molecule has 9 heteroatoms. The van der Waals surface area contributed by atoms with E-state index in [1.807, 2.05) is 0 Å². The van der Waals surface area contributed by atoms with E-state index in [1.165, 1.54) is 18.2 Å². The van der Waals surface area contributed by atoms with Crippen LogP contribution in [0.2, 0.25) is 0 Å². The van der Waals surface area contributed by atoms with Gasteiger partial charge in [-0.3, -0.25) is 33.8 Å². The van der Waals surface area contributed by atoms with Crippen LogP contribution in [0, 0.1) is 5.41 Å². The van der Waals surface area contributed by atoms with Gasteiger partial charge in [-0.25, -0.2) is 0 Å². The molecule has 0 aliphatic carbocycles. The highest BCUT2D eigenvalue weighted by Crippen LogP contribution is 2.31. The highest BCUT2D eigenvalue weighted by Gasteiger charge is 2.38. The van der Waals surface area contributed by atoms with Crippen molar-refractivity contribution in [1.29, 1.82) is 0 Å². The summed E-state index contributed by atoms with van der Waals surface area (Å²) in [6.45, 7) is 3.92. The molecular formula is C26H27N3O6. The van der Waals surface area contributed by atoms with E-state index in [0.29, 0.717) is 13.1 Å². The molecule has 1 N–H and O–H groups in total. The number of anilines is 1. The van der Waals surface area contributed by atoms with Gasteiger partial charge in [-0.1, -0.05) is 38.1 Å². The van der Waals surface area contributed by atoms with Gasteiger partial charge < -0.3 is 10.0 Å². The number of para-hydroxylation sites is 1. The molecule has 0 unspecified atom stereocenters. The predicted octanol–water partition coefficient (Wildman–Crippen LogP) is 2.66. The van der Waals surface area contributed by atoms with Gasteiger partial charge in [0, 0.05) is 13.1 Å². The molecule has 0 radical (unpaired) electrons. The van der Waals surface area contributed by atoms with Gasteiger partial charge in [0.25, 0.3) is 17.7 Å². The molecule has 9 nitrogen and oxygen atoms in total. The monoisotopic (exact) mass is 477 g/mol. The lowest BCUT2D eigenvalue weighted by atomic mass is 9.84. The quantitative estimate of drug-likeness (QED) is 0.640. The van der Waals surface area contributed by atoms with E-state index in [1.54, 1.807) is 35.2 Å². The molecule has 2 aromatic rings. The lowest BCUT2D eigenvalue weighted by molar-refractivity contribution is -0.136. The highest BCUT2D eigenvalue weighted by molar-refractivity contribution is 6.23. The Kier molecular flexibility index (Phi) is 6.43. The number of nitrogens with zero attached hydrogens (tertiary/aromatic N) is 3. The van der Waals surface area contributed by atoms with Crippen LogP contribution in [0.15, 0.2) is 48.5 Å². The van der Waals surface area contributed by atoms with E-state index in [4.69, 9.17) is 0 Å². The van der Waals surface area contributed by atoms with Crippen LogP contribution in [0.5, 0.6) is 0 Å². The number of amides is 4. The van der Waals surface area contributed by atoms with Crippen LogP contribution in [0.3, 0.4) is 0 Å². The van der Waals surface area contributed by atoms with E-state index < -0.39 is 36.8 Å². The SMILES string of the molecule is CC1(C)CCCN(C(=O)c2ccccc2N(CC(=O)O)C(=O)CN2C(=O)c3ccccc3C2=O)C1. The van der Waals surface area contributed by atoms with Crippen molar-refractivity contribution in [2.75, 3.05) is 31.1 Å². The maximum atomic E-state index is 13.4. The molecule has 1 fully saturated rings. The Morgan fingerprint density at radius 3 is 2.17 bits per heavy atom. The van der Waals surface area contributed by atoms with Crippen molar-refractivity contribution >= 4 is 35.3 Å². The summed E-state index contributed by atoms with van der Waals surface area (Å²) >= 11 is 0. The minimum Gasteiger partial charge on any atom is -0.480 e. The summed E-state index contributed by atoms with van der Waals surface area (Å²) in [5.74, 6) is -3.59. The second kappa shape index (κ2) is 9.32. The second-order valence-electron chi connectivity index (χ2n) is 9.63. The van der Waals surface area contributed by atoms with Crippen LogP contribution in [-0.2, 0) is 9.59 Å². The Morgan fingerprint density at radius 2 is 1.57 bits per heavy atom. The molecule has 35 heavy (non-hydrogen) atoms. The third-order valence-corrected chi connectivity index (χ3v) is 6.38. The zero-order valence-corrected chi connectivity index (χ0v) is 19.7. The second-order valence-corrected chi connectivity index (χ2v) is 9.63. The van der Waals surface area contributed by atoms with Crippen LogP contribution in [0.4, 0.5) is 5.69 Å². The molecule has 0 atom stereocenters. The van der Waals surface area contributed by atoms with Crippen molar-refractivity contribution in [3.8, 4) is 0 Å². The first kappa shape index (κ1) is 24.1. The van der Waals surface area contributed by atoms with Crippen LogP contribution in [-0.4, -0.2) is 70.7 Å². The number of carbonyl (C=O) groups is 5. The Morgan fingerprint density at radius 1 is 0.971 bits per heavy atom. The van der Waals surface area contributed by atoms with Crippen LogP contribution in [0.25, 0.3) is 0 Å². The smallest absolute Gasteiger partial charge is 0.323 e. The van der Waals surface area contributed by atoms with E-state index in [-0.39, 0.29) is 33.7 Å². The van der Waals surface area contributed by atoms with Gasteiger partial charge in [0.05, 0.1) is 22.4 Å². The molecule has 182 valence electrons. The summed E-state index contributed by atoms with van der Waals surface area (Å²) in [6.07, 6.45) is 1.83. The van der Waals surface area contributed by atoms with Gasteiger partial charge in [-0.2, -0.15) is 0 Å². The minimum absolute atomic E-state index is 0.0507. The molecule has 0 spiro atoms. The topological polar surface area (TPSA) is 115 Å². The van der Waals surface area contributed by atoms with Gasteiger partial charge in [0.15, 0.2) is 0 Å². The first-order valence-corrected chi connectivity index (χ1v) is 11.4. The number of carbonyl (C=O) groups excluding carboxylic acids is 4. The average Bonchev–Trinajstić information content (AvgIpc) is 3.06. The molecule has 1 saturated heterocycles. The first-order chi connectivity index (χ1) is 16.6. The lowest BCUT2D eigenvalue weighted by Gasteiger charge is -2.38. The minimum atomic E-state index is -1.29. The van der Waals surface area contributed by atoms with Crippen molar-refractivity contribution < 1.29 is 29.1 Å². The number of carboxylic acids is 1. The number of hydrogen-bond acceptors (Lipinski definition) is 5. The fourth-order valence-electron chi connectivity index (χ4n) is 4.70. The van der Waals surface area contributed by atoms with Crippen LogP contribution >= 0.6 is 0 Å². The summed E-state index contributed by atoms with van der Waals surface area (Å²) < 4.78 is 0. The number of rotatable bonds is 6. The lowest BCUT2D eigenvalue weighted by Crippen LogP contribution is -2.46. The number of piperidine rings is 1. The molecule has 0 saturated carbocycles. The van der Waals surface area contributed by atoms with Gasteiger partial charge in [0.1, 0.15) is 13.1 Å². The molecule has 4 rings (SSSR count). The van der Waals surface area contributed by atoms with Crippen molar-refractivity contribution in [2.24, 2.45) is 5.41 Å². The summed E-state index contributed by atoms with van der Waals surface area (Å²) in [5.41, 5.74) is 0.661. The van der Waals surface area contributed by atoms with Crippen molar-refractivity contribution in [3.63, 3.8) is 0 Å². The fraction of sp³-hybridized carbons (Fsp3) is 0.346. The molecular weight excluding hydrogens is 450 g/mol. The number of imide groups is 1. The Hall–Kier alpha value is -4.01. The van der Waals surface area contributed by atoms with E-state index in [9.17, 15) is 29.1 Å². The summed E-state index contributed by atoms with van der Waals surface area (Å²) in [5, 5.41) is 9.51. The van der Waals surface area contributed by atoms with Crippen molar-refractivity contribution in [3.05, 3.63) is 65.2 Å². The number of hydrogen-bond donors (Lipinski definition) is 1. The fourth-order valence-corrected chi connectivity index (χ4v) is 4.70. The normalized spacial score (nSPS) is 16.7. The number of benzene rings is 2. The third kappa shape index (κ3) is 4.80. The summed E-state index contributed by atoms with van der Waals surface area (Å²) in [6, 6.07) is 12.6. The summed E-state index contributed by atoms with van der Waals surface area (Å²) in [4.78, 5) is 67.4. The zero-order chi connectivity index (χ0) is 25.3. The molecule has 0 bridgehead atoms. The van der Waals surface area contributed by atoms with Gasteiger partial charge in [-0.05, 0) is 42.5 Å². The average molecular weight is 478 g/mol. The van der Waals surface area contributed by atoms with Gasteiger partial charge >= 0.3 is 5.97 Å². The van der Waals surface area contributed by atoms with Crippen molar-refractivity contribution in [1.82, 2.24) is 9.80 Å². The standard InChI is InChI=1S/C26H27N3O6/c1-26(2)12-7-13-27(16-26)23(33)19-10-5-6-11-20(19)28(15-22(31)32)21(30)14-29-24(34)17-8-3-4-9-18(17)25(29)35/h3-6,8-11H,7,12-16H2,1-2H3,(H,31,32). The van der Waals surface area contributed by atoms with Gasteiger partial charge in [0.2, 0.25) is 5.91 Å². The number of fused-ring (bicyclic) bond motifs is 1. The Labute approximate surface area is 202 Å². The number of likely N-dealkylation sites (tertiary alicyclic amines) is 1. The van der Waals surface area contributed by atoms with E-state index in [0.717, 1.165) is 22.6 Å². The van der Waals surface area contributed by atoms with E-state index >= 15 is 0 Å². The van der Waals surface area contributed by atoms with Crippen molar-refractivity contribution in [2.45, 2.75) is 26.7 Å². The van der Waals surface area contributed by atoms with Crippen LogP contribution < -0.4 is 4.90 Å². The Balaban J connectivity index is 1.63. The Bertz CT molecular complexity index is 1190. The largest absolute Gasteiger partial charge is 0.480 e. The molecule has 0 aromatic heterocycles. The molecule has 2 heterocycles. The maximum Gasteiger partial charge on any atom is 0.323 e. The molecule has 4 amide bonds.